The van der Waals surface area contributed by atoms with E-state index < -0.39 is 24.1 Å². The minimum atomic E-state index is -0.963. The smallest absolute Gasteiger partial charge is 0.306 e. The lowest BCUT2D eigenvalue weighted by Gasteiger charge is -2.22. The van der Waals surface area contributed by atoms with Gasteiger partial charge in [-0.05, 0) is 33.1 Å². The van der Waals surface area contributed by atoms with Crippen LogP contribution in [0.4, 0.5) is 0 Å². The lowest BCUT2D eigenvalue weighted by atomic mass is 10.0. The first-order valence-electron chi connectivity index (χ1n) is 16.3. The Hall–Kier alpha value is -1.89. The van der Waals surface area contributed by atoms with Crippen molar-refractivity contribution < 1.29 is 29.0 Å². The van der Waals surface area contributed by atoms with E-state index in [-0.39, 0.29) is 31.5 Å². The van der Waals surface area contributed by atoms with Crippen molar-refractivity contribution in [2.75, 3.05) is 6.61 Å². The van der Waals surface area contributed by atoms with Crippen LogP contribution in [0, 0.1) is 0 Å². The van der Waals surface area contributed by atoms with E-state index in [1.165, 1.54) is 64.2 Å². The van der Waals surface area contributed by atoms with E-state index in [4.69, 9.17) is 9.47 Å². The fraction of sp³-hybridized carbons (Fsp3) is 0.848. The van der Waals surface area contributed by atoms with Crippen LogP contribution in [0.15, 0.2) is 12.2 Å². The van der Waals surface area contributed by atoms with Gasteiger partial charge in [0.25, 0.3) is 0 Å². The number of allylic oxidation sites excluding steroid dienone is 1. The minimum absolute atomic E-state index is 0.0623. The molecule has 40 heavy (non-hydrogen) atoms. The largest absolute Gasteiger partial charge is 0.463 e. The zero-order valence-electron chi connectivity index (χ0n) is 26.2. The molecule has 0 aromatic carbocycles. The topological polar surface area (TPSA) is 102 Å². The Morgan fingerprint density at radius 3 is 1.75 bits per heavy atom. The highest BCUT2D eigenvalue weighted by Crippen LogP contribution is 2.12. The first-order chi connectivity index (χ1) is 19.3. The van der Waals surface area contributed by atoms with E-state index >= 15 is 0 Å². The Balaban J connectivity index is 4.47. The monoisotopic (exact) mass is 567 g/mol. The quantitative estimate of drug-likeness (QED) is 0.0598. The van der Waals surface area contributed by atoms with Crippen molar-refractivity contribution in [2.45, 2.75) is 174 Å². The van der Waals surface area contributed by atoms with Gasteiger partial charge in [0, 0.05) is 6.42 Å². The van der Waals surface area contributed by atoms with Crippen molar-refractivity contribution >= 4 is 17.8 Å². The van der Waals surface area contributed by atoms with Gasteiger partial charge in [0.2, 0.25) is 5.91 Å². The SMILES string of the molecule is CCCCCCCCCCCCC/C=C/C(O)C(COC(=O)CCC(=O)OC(C)C)NC(=O)CCCCCCC. The number of rotatable bonds is 27. The van der Waals surface area contributed by atoms with E-state index in [9.17, 15) is 19.5 Å². The Morgan fingerprint density at radius 2 is 1.20 bits per heavy atom. The molecule has 234 valence electrons. The van der Waals surface area contributed by atoms with Gasteiger partial charge in [0.05, 0.1) is 31.1 Å². The summed E-state index contributed by atoms with van der Waals surface area (Å²) in [5.74, 6) is -1.17. The molecule has 0 rings (SSSR count). The Morgan fingerprint density at radius 1 is 0.700 bits per heavy atom. The number of esters is 2. The van der Waals surface area contributed by atoms with Gasteiger partial charge in [-0.25, -0.2) is 0 Å². The van der Waals surface area contributed by atoms with Crippen LogP contribution in [-0.2, 0) is 23.9 Å². The van der Waals surface area contributed by atoms with Gasteiger partial charge in [-0.1, -0.05) is 116 Å². The van der Waals surface area contributed by atoms with Gasteiger partial charge in [-0.2, -0.15) is 0 Å². The first-order valence-corrected chi connectivity index (χ1v) is 16.3. The third-order valence-corrected chi connectivity index (χ3v) is 6.90. The van der Waals surface area contributed by atoms with E-state index in [2.05, 4.69) is 19.2 Å². The summed E-state index contributed by atoms with van der Waals surface area (Å²) in [6.45, 7) is 7.75. The first kappa shape index (κ1) is 38.1. The van der Waals surface area contributed by atoms with Gasteiger partial charge in [-0.15, -0.1) is 0 Å². The number of ether oxygens (including phenoxy) is 2. The van der Waals surface area contributed by atoms with Crippen LogP contribution in [0.2, 0.25) is 0 Å². The van der Waals surface area contributed by atoms with Crippen molar-refractivity contribution in [3.63, 3.8) is 0 Å². The fourth-order valence-electron chi connectivity index (χ4n) is 4.47. The number of amides is 1. The molecule has 0 aliphatic heterocycles. The number of carbonyl (C=O) groups is 3. The number of aliphatic hydroxyl groups excluding tert-OH is 1. The van der Waals surface area contributed by atoms with Gasteiger partial charge >= 0.3 is 11.9 Å². The van der Waals surface area contributed by atoms with Crippen molar-refractivity contribution in [1.29, 1.82) is 0 Å². The summed E-state index contributed by atoms with van der Waals surface area (Å²) in [5.41, 5.74) is 0. The molecule has 0 bridgehead atoms. The third kappa shape index (κ3) is 25.1. The molecule has 0 aromatic heterocycles. The molecule has 7 heteroatoms. The molecule has 0 spiro atoms. The van der Waals surface area contributed by atoms with Crippen LogP contribution in [0.3, 0.4) is 0 Å². The van der Waals surface area contributed by atoms with Crippen LogP contribution in [0.1, 0.15) is 156 Å². The maximum absolute atomic E-state index is 12.5. The van der Waals surface area contributed by atoms with Crippen LogP contribution in [-0.4, -0.2) is 47.8 Å². The summed E-state index contributed by atoms with van der Waals surface area (Å²) in [6.07, 6.45) is 22.9. The summed E-state index contributed by atoms with van der Waals surface area (Å²) in [5, 5.41) is 13.6. The van der Waals surface area contributed by atoms with Gasteiger partial charge in [0.15, 0.2) is 0 Å². The summed E-state index contributed by atoms with van der Waals surface area (Å²) in [4.78, 5) is 36.3. The zero-order chi connectivity index (χ0) is 29.8. The summed E-state index contributed by atoms with van der Waals surface area (Å²) < 4.78 is 10.3. The molecule has 2 unspecified atom stereocenters. The standard InChI is InChI=1S/C33H61NO6/c1-5-7-9-11-12-13-14-15-16-17-18-20-21-23-30(35)29(34-31(36)24-22-19-10-8-6-2)27-39-32(37)25-26-33(38)40-28(3)4/h21,23,28-30,35H,5-20,22,24-27H2,1-4H3,(H,34,36)/b23-21+. The predicted octanol–water partition coefficient (Wildman–Crippen LogP) is 7.72. The molecule has 0 aliphatic rings. The zero-order valence-corrected chi connectivity index (χ0v) is 26.2. The highest BCUT2D eigenvalue weighted by atomic mass is 16.5. The van der Waals surface area contributed by atoms with Crippen molar-refractivity contribution in [3.05, 3.63) is 12.2 Å². The summed E-state index contributed by atoms with van der Waals surface area (Å²) in [6, 6.07) is -0.733. The molecule has 0 heterocycles. The molecule has 2 atom stereocenters. The lowest BCUT2D eigenvalue weighted by molar-refractivity contribution is -0.153. The number of hydrogen-bond donors (Lipinski definition) is 2. The average molecular weight is 568 g/mol. The molecular formula is C33H61NO6. The number of nitrogens with one attached hydrogen (secondary N) is 1. The van der Waals surface area contributed by atoms with Gasteiger partial charge in [0.1, 0.15) is 6.61 Å². The Bertz CT molecular complexity index is 663. The molecule has 0 saturated heterocycles. The fourth-order valence-corrected chi connectivity index (χ4v) is 4.47. The number of carbonyl (C=O) groups excluding carboxylic acids is 3. The second kappa shape index (κ2) is 27.3. The number of aliphatic hydroxyl groups is 1. The lowest BCUT2D eigenvalue weighted by Crippen LogP contribution is -2.46. The third-order valence-electron chi connectivity index (χ3n) is 6.90. The highest BCUT2D eigenvalue weighted by Gasteiger charge is 2.21. The van der Waals surface area contributed by atoms with E-state index in [1.807, 2.05) is 6.08 Å². The molecule has 0 saturated carbocycles. The predicted molar refractivity (Wildman–Crippen MR) is 163 cm³/mol. The van der Waals surface area contributed by atoms with E-state index in [0.717, 1.165) is 44.9 Å². The maximum Gasteiger partial charge on any atom is 0.306 e. The number of unbranched alkanes of at least 4 members (excludes halogenated alkanes) is 15. The molecule has 0 fully saturated rings. The minimum Gasteiger partial charge on any atom is -0.463 e. The van der Waals surface area contributed by atoms with Crippen molar-refractivity contribution in [1.82, 2.24) is 5.32 Å². The number of hydrogen-bond acceptors (Lipinski definition) is 6. The van der Waals surface area contributed by atoms with Crippen molar-refractivity contribution in [3.8, 4) is 0 Å². The van der Waals surface area contributed by atoms with Crippen molar-refractivity contribution in [2.24, 2.45) is 0 Å². The Labute approximate surface area is 245 Å². The van der Waals surface area contributed by atoms with Gasteiger partial charge < -0.3 is 19.9 Å². The molecule has 0 aromatic rings. The highest BCUT2D eigenvalue weighted by molar-refractivity contribution is 5.78. The van der Waals surface area contributed by atoms with Gasteiger partial charge in [-0.3, -0.25) is 14.4 Å². The molecule has 7 nitrogen and oxygen atoms in total. The summed E-state index contributed by atoms with van der Waals surface area (Å²) in [7, 11) is 0. The summed E-state index contributed by atoms with van der Waals surface area (Å²) >= 11 is 0. The molecular weight excluding hydrogens is 506 g/mol. The van der Waals surface area contributed by atoms with E-state index in [0.29, 0.717) is 6.42 Å². The maximum atomic E-state index is 12.5. The van der Waals surface area contributed by atoms with Crippen LogP contribution >= 0.6 is 0 Å². The average Bonchev–Trinajstić information content (AvgIpc) is 2.91. The van der Waals surface area contributed by atoms with Crippen LogP contribution in [0.25, 0.3) is 0 Å². The molecule has 1 amide bonds. The molecule has 0 aliphatic carbocycles. The van der Waals surface area contributed by atoms with Crippen LogP contribution in [0.5, 0.6) is 0 Å². The molecule has 2 N–H and O–H groups in total. The van der Waals surface area contributed by atoms with Crippen LogP contribution < -0.4 is 5.32 Å². The molecule has 0 radical (unpaired) electrons. The second-order valence-electron chi connectivity index (χ2n) is 11.3. The second-order valence-corrected chi connectivity index (χ2v) is 11.3. The normalized spacial score (nSPS) is 12.9. The van der Waals surface area contributed by atoms with E-state index in [1.54, 1.807) is 19.9 Å². The Kier molecular flexibility index (Phi) is 26.0.